The van der Waals surface area contributed by atoms with Crippen molar-refractivity contribution in [1.29, 1.82) is 0 Å². The number of aliphatic carboxylic acids is 1. The van der Waals surface area contributed by atoms with Crippen LogP contribution in [0.25, 0.3) is 0 Å². The summed E-state index contributed by atoms with van der Waals surface area (Å²) in [6.45, 7) is 3.27. The number of amides is 2. The predicted octanol–water partition coefficient (Wildman–Crippen LogP) is -0.603. The van der Waals surface area contributed by atoms with Gasteiger partial charge in [0.1, 0.15) is 6.04 Å². The van der Waals surface area contributed by atoms with Gasteiger partial charge in [-0.2, -0.15) is 0 Å². The van der Waals surface area contributed by atoms with Crippen LogP contribution in [0.4, 0.5) is 0 Å². The molecule has 0 heterocycles. The van der Waals surface area contributed by atoms with E-state index in [0.717, 1.165) is 6.08 Å². The average Bonchev–Trinajstić information content (AvgIpc) is 2.13. The van der Waals surface area contributed by atoms with Crippen LogP contribution in [-0.4, -0.2) is 28.9 Å². The van der Waals surface area contributed by atoms with Gasteiger partial charge in [-0.25, -0.2) is 4.79 Å². The Kier molecular flexibility index (Phi) is 5.77. The molecule has 0 fully saturated rings. The molecule has 0 saturated heterocycles. The summed E-state index contributed by atoms with van der Waals surface area (Å²) in [5.41, 5.74) is 4.87. The predicted molar refractivity (Wildman–Crippen MR) is 52.8 cm³/mol. The Morgan fingerprint density at radius 2 is 2.00 bits per heavy atom. The Morgan fingerprint density at radius 1 is 1.40 bits per heavy atom. The summed E-state index contributed by atoms with van der Waals surface area (Å²) in [6.07, 6.45) is 1.61. The Hall–Kier alpha value is -1.85. The third-order valence-corrected chi connectivity index (χ3v) is 1.65. The Balaban J connectivity index is 3.86. The van der Waals surface area contributed by atoms with E-state index in [1.54, 1.807) is 0 Å². The number of carbonyl (C=O) groups excluding carboxylic acids is 2. The quantitative estimate of drug-likeness (QED) is 0.491. The lowest BCUT2D eigenvalue weighted by Gasteiger charge is -2.09. The molecule has 0 aliphatic heterocycles. The van der Waals surface area contributed by atoms with Crippen LogP contribution < -0.4 is 11.1 Å². The number of nitrogens with two attached hydrogens (primary N) is 1. The molecule has 2 amide bonds. The second kappa shape index (κ2) is 6.58. The van der Waals surface area contributed by atoms with Gasteiger partial charge in [-0.3, -0.25) is 9.59 Å². The lowest BCUT2D eigenvalue weighted by Crippen LogP contribution is -2.39. The van der Waals surface area contributed by atoms with Crippen molar-refractivity contribution < 1.29 is 19.5 Å². The summed E-state index contributed by atoms with van der Waals surface area (Å²) in [4.78, 5) is 32.0. The molecule has 0 aliphatic rings. The number of carbonyl (C=O) groups is 3. The standard InChI is InChI=1S/C9H14N2O4/c1-2-6(9(14)15)11-8(13)5-3-4-7(10)12/h2,6H,1,3-5H2,(H2,10,12)(H,11,13)(H,14,15). The van der Waals surface area contributed by atoms with Crippen molar-refractivity contribution in [3.63, 3.8) is 0 Å². The maximum absolute atomic E-state index is 11.1. The second-order valence-electron chi connectivity index (χ2n) is 2.94. The highest BCUT2D eigenvalue weighted by atomic mass is 16.4. The van der Waals surface area contributed by atoms with E-state index >= 15 is 0 Å². The SMILES string of the molecule is C=CC(NC(=O)CCCC(N)=O)C(=O)O. The number of primary amides is 1. The molecule has 0 aromatic carbocycles. The van der Waals surface area contributed by atoms with E-state index < -0.39 is 23.8 Å². The molecule has 6 heteroatoms. The maximum atomic E-state index is 11.1. The van der Waals surface area contributed by atoms with Crippen LogP contribution in [0.15, 0.2) is 12.7 Å². The number of carboxylic acids is 1. The summed E-state index contributed by atoms with van der Waals surface area (Å²) in [5, 5.41) is 10.8. The first-order valence-electron chi connectivity index (χ1n) is 4.40. The van der Waals surface area contributed by atoms with E-state index in [-0.39, 0.29) is 12.8 Å². The molecule has 84 valence electrons. The first kappa shape index (κ1) is 13.2. The maximum Gasteiger partial charge on any atom is 0.330 e. The van der Waals surface area contributed by atoms with Gasteiger partial charge >= 0.3 is 5.97 Å². The van der Waals surface area contributed by atoms with Gasteiger partial charge < -0.3 is 16.2 Å². The lowest BCUT2D eigenvalue weighted by molar-refractivity contribution is -0.140. The van der Waals surface area contributed by atoms with Gasteiger partial charge in [0.25, 0.3) is 0 Å². The van der Waals surface area contributed by atoms with E-state index in [1.165, 1.54) is 0 Å². The van der Waals surface area contributed by atoms with Crippen molar-refractivity contribution >= 4 is 17.8 Å². The van der Waals surface area contributed by atoms with E-state index in [2.05, 4.69) is 11.9 Å². The monoisotopic (exact) mass is 214 g/mol. The Labute approximate surface area is 87.1 Å². The van der Waals surface area contributed by atoms with E-state index in [9.17, 15) is 14.4 Å². The molecule has 0 saturated carbocycles. The zero-order valence-corrected chi connectivity index (χ0v) is 8.23. The molecule has 0 rings (SSSR count). The molecule has 0 spiro atoms. The molecule has 15 heavy (non-hydrogen) atoms. The van der Waals surface area contributed by atoms with Crippen molar-refractivity contribution in [2.45, 2.75) is 25.3 Å². The van der Waals surface area contributed by atoms with Gasteiger partial charge in [-0.15, -0.1) is 6.58 Å². The normalized spacial score (nSPS) is 11.5. The number of hydrogen-bond acceptors (Lipinski definition) is 3. The lowest BCUT2D eigenvalue weighted by atomic mass is 10.2. The zero-order chi connectivity index (χ0) is 11.8. The van der Waals surface area contributed by atoms with Crippen molar-refractivity contribution in [3.8, 4) is 0 Å². The van der Waals surface area contributed by atoms with Crippen LogP contribution in [0.5, 0.6) is 0 Å². The number of nitrogens with one attached hydrogen (secondary N) is 1. The minimum Gasteiger partial charge on any atom is -0.479 e. The van der Waals surface area contributed by atoms with Crippen LogP contribution >= 0.6 is 0 Å². The molecule has 4 N–H and O–H groups in total. The fraction of sp³-hybridized carbons (Fsp3) is 0.444. The third-order valence-electron chi connectivity index (χ3n) is 1.65. The van der Waals surface area contributed by atoms with Crippen LogP contribution in [0.1, 0.15) is 19.3 Å². The fourth-order valence-corrected chi connectivity index (χ4v) is 0.890. The van der Waals surface area contributed by atoms with Crippen LogP contribution in [0.2, 0.25) is 0 Å². The minimum atomic E-state index is -1.17. The average molecular weight is 214 g/mol. The summed E-state index contributed by atoms with van der Waals surface area (Å²) in [7, 11) is 0. The molecular weight excluding hydrogens is 200 g/mol. The first-order chi connectivity index (χ1) is 6.97. The molecule has 0 radical (unpaired) electrons. The van der Waals surface area contributed by atoms with Gasteiger partial charge in [0, 0.05) is 12.8 Å². The van der Waals surface area contributed by atoms with Crippen molar-refractivity contribution in [2.24, 2.45) is 5.73 Å². The second-order valence-corrected chi connectivity index (χ2v) is 2.94. The summed E-state index contributed by atoms with van der Waals surface area (Å²) in [6, 6.07) is -1.09. The highest BCUT2D eigenvalue weighted by molar-refractivity contribution is 5.85. The van der Waals surface area contributed by atoms with E-state index in [1.807, 2.05) is 0 Å². The number of hydrogen-bond donors (Lipinski definition) is 3. The Morgan fingerprint density at radius 3 is 2.40 bits per heavy atom. The van der Waals surface area contributed by atoms with Crippen molar-refractivity contribution in [3.05, 3.63) is 12.7 Å². The smallest absolute Gasteiger partial charge is 0.330 e. The van der Waals surface area contributed by atoms with Gasteiger partial charge in [0.05, 0.1) is 0 Å². The minimum absolute atomic E-state index is 0.0700. The molecular formula is C9H14N2O4. The molecule has 1 unspecified atom stereocenters. The van der Waals surface area contributed by atoms with E-state index in [0.29, 0.717) is 6.42 Å². The largest absolute Gasteiger partial charge is 0.479 e. The van der Waals surface area contributed by atoms with Crippen molar-refractivity contribution in [2.75, 3.05) is 0 Å². The molecule has 0 aromatic rings. The Bertz CT molecular complexity index is 275. The fourth-order valence-electron chi connectivity index (χ4n) is 0.890. The molecule has 0 aromatic heterocycles. The van der Waals surface area contributed by atoms with Gasteiger partial charge in [0.15, 0.2) is 0 Å². The molecule has 0 bridgehead atoms. The highest BCUT2D eigenvalue weighted by Gasteiger charge is 2.15. The number of carboxylic acid groups (broad SMARTS) is 1. The van der Waals surface area contributed by atoms with Gasteiger partial charge in [0.2, 0.25) is 11.8 Å². The number of rotatable bonds is 7. The van der Waals surface area contributed by atoms with E-state index in [4.69, 9.17) is 10.8 Å². The van der Waals surface area contributed by atoms with Crippen LogP contribution in [-0.2, 0) is 14.4 Å². The van der Waals surface area contributed by atoms with Gasteiger partial charge in [-0.1, -0.05) is 6.08 Å². The first-order valence-corrected chi connectivity index (χ1v) is 4.40. The summed E-state index contributed by atoms with van der Waals surface area (Å²) >= 11 is 0. The van der Waals surface area contributed by atoms with Crippen LogP contribution in [0, 0.1) is 0 Å². The zero-order valence-electron chi connectivity index (χ0n) is 8.23. The van der Waals surface area contributed by atoms with Crippen LogP contribution in [0.3, 0.4) is 0 Å². The third kappa shape index (κ3) is 6.25. The molecule has 0 aliphatic carbocycles. The molecule has 1 atom stereocenters. The summed E-state index contributed by atoms with van der Waals surface area (Å²) in [5.74, 6) is -2.10. The summed E-state index contributed by atoms with van der Waals surface area (Å²) < 4.78 is 0. The van der Waals surface area contributed by atoms with Gasteiger partial charge in [-0.05, 0) is 6.42 Å². The highest BCUT2D eigenvalue weighted by Crippen LogP contribution is 1.95. The van der Waals surface area contributed by atoms with Crippen molar-refractivity contribution in [1.82, 2.24) is 5.32 Å². The topological polar surface area (TPSA) is 109 Å². The molecule has 6 nitrogen and oxygen atoms in total.